The van der Waals surface area contributed by atoms with Gasteiger partial charge in [-0.1, -0.05) is 54.2 Å². The molecule has 1 heterocycles. The molecule has 23 heavy (non-hydrogen) atoms. The van der Waals surface area contributed by atoms with Crippen LogP contribution in [0, 0.1) is 0 Å². The lowest BCUT2D eigenvalue weighted by atomic mass is 10.0. The van der Waals surface area contributed by atoms with Crippen molar-refractivity contribution in [1.29, 1.82) is 0 Å². The molecular formula is C16H16N4O2S. The molecule has 0 saturated carbocycles. The second-order valence-electron chi connectivity index (χ2n) is 5.08. The van der Waals surface area contributed by atoms with E-state index in [1.54, 1.807) is 0 Å². The maximum absolute atomic E-state index is 10.6. The third-order valence-electron chi connectivity index (χ3n) is 3.51. The summed E-state index contributed by atoms with van der Waals surface area (Å²) in [5, 5.41) is 19.7. The molecular weight excluding hydrogens is 312 g/mol. The summed E-state index contributed by atoms with van der Waals surface area (Å²) in [4.78, 5) is 10.6. The summed E-state index contributed by atoms with van der Waals surface area (Å²) < 4.78 is 1.44. The first-order valence-electron chi connectivity index (χ1n) is 7.16. The molecule has 0 amide bonds. The van der Waals surface area contributed by atoms with Crippen molar-refractivity contribution in [3.05, 3.63) is 53.9 Å². The number of aromatic nitrogens is 3. The Morgan fingerprint density at radius 2 is 1.96 bits per heavy atom. The highest BCUT2D eigenvalue weighted by Gasteiger charge is 2.12. The number of aliphatic carboxylic acids is 1. The van der Waals surface area contributed by atoms with E-state index in [9.17, 15) is 4.79 Å². The number of carboxylic acids is 1. The lowest BCUT2D eigenvalue weighted by Gasteiger charge is -2.06. The van der Waals surface area contributed by atoms with E-state index >= 15 is 0 Å². The number of nitrogen functional groups attached to an aromatic ring is 1. The number of benzene rings is 2. The molecule has 0 spiro atoms. The maximum atomic E-state index is 10.6. The van der Waals surface area contributed by atoms with Crippen LogP contribution in [0.15, 0.2) is 47.6 Å². The Morgan fingerprint density at radius 1 is 1.17 bits per heavy atom. The predicted molar refractivity (Wildman–Crippen MR) is 89.9 cm³/mol. The SMILES string of the molecule is Nn1c(Cc2cccc3ccccc23)nnc1SCCC(=O)O. The minimum Gasteiger partial charge on any atom is -0.481 e. The Labute approximate surface area is 137 Å². The normalized spacial score (nSPS) is 11.0. The topological polar surface area (TPSA) is 94.0 Å². The number of rotatable bonds is 6. The van der Waals surface area contributed by atoms with Gasteiger partial charge in [0.2, 0.25) is 5.16 Å². The van der Waals surface area contributed by atoms with Crippen molar-refractivity contribution in [2.24, 2.45) is 0 Å². The third kappa shape index (κ3) is 3.45. The number of nitrogens with zero attached hydrogens (tertiary/aromatic N) is 3. The van der Waals surface area contributed by atoms with E-state index in [4.69, 9.17) is 10.9 Å². The molecule has 0 saturated heterocycles. The average molecular weight is 328 g/mol. The zero-order valence-electron chi connectivity index (χ0n) is 12.3. The Morgan fingerprint density at radius 3 is 2.78 bits per heavy atom. The molecule has 0 radical (unpaired) electrons. The monoisotopic (exact) mass is 328 g/mol. The Balaban J connectivity index is 1.80. The van der Waals surface area contributed by atoms with Gasteiger partial charge in [-0.15, -0.1) is 10.2 Å². The van der Waals surface area contributed by atoms with Crippen LogP contribution < -0.4 is 5.84 Å². The number of carboxylic acid groups (broad SMARTS) is 1. The quantitative estimate of drug-likeness (QED) is 0.533. The summed E-state index contributed by atoms with van der Waals surface area (Å²) in [6.07, 6.45) is 0.639. The minimum absolute atomic E-state index is 0.0657. The van der Waals surface area contributed by atoms with Crippen LogP contribution >= 0.6 is 11.8 Å². The summed E-state index contributed by atoms with van der Waals surface area (Å²) in [5.41, 5.74) is 1.13. The van der Waals surface area contributed by atoms with Crippen molar-refractivity contribution in [3.63, 3.8) is 0 Å². The smallest absolute Gasteiger partial charge is 0.304 e. The van der Waals surface area contributed by atoms with Crippen molar-refractivity contribution in [1.82, 2.24) is 14.9 Å². The average Bonchev–Trinajstić information content (AvgIpc) is 2.88. The van der Waals surface area contributed by atoms with Gasteiger partial charge in [0.1, 0.15) is 0 Å². The van der Waals surface area contributed by atoms with Gasteiger partial charge in [-0.2, -0.15) is 0 Å². The second-order valence-corrected chi connectivity index (χ2v) is 6.14. The van der Waals surface area contributed by atoms with Gasteiger partial charge >= 0.3 is 5.97 Å². The van der Waals surface area contributed by atoms with Crippen LogP contribution in [0.2, 0.25) is 0 Å². The Hall–Kier alpha value is -2.54. The molecule has 0 aliphatic heterocycles. The maximum Gasteiger partial charge on any atom is 0.304 e. The minimum atomic E-state index is -0.837. The van der Waals surface area contributed by atoms with E-state index in [0.717, 1.165) is 10.9 Å². The van der Waals surface area contributed by atoms with Gasteiger partial charge in [0.25, 0.3) is 0 Å². The van der Waals surface area contributed by atoms with Crippen molar-refractivity contribution >= 4 is 28.5 Å². The van der Waals surface area contributed by atoms with Crippen LogP contribution in [0.1, 0.15) is 17.8 Å². The molecule has 6 nitrogen and oxygen atoms in total. The van der Waals surface area contributed by atoms with Crippen LogP contribution in [-0.2, 0) is 11.2 Å². The summed E-state index contributed by atoms with van der Waals surface area (Å²) in [7, 11) is 0. The molecule has 0 aliphatic carbocycles. The summed E-state index contributed by atoms with van der Waals surface area (Å²) in [6, 6.07) is 14.3. The van der Waals surface area contributed by atoms with Gasteiger partial charge in [0, 0.05) is 12.2 Å². The number of carbonyl (C=O) groups is 1. The van der Waals surface area contributed by atoms with E-state index < -0.39 is 5.97 Å². The first kappa shape index (κ1) is 15.4. The number of hydrogen-bond donors (Lipinski definition) is 2. The van der Waals surface area contributed by atoms with Crippen molar-refractivity contribution in [2.45, 2.75) is 18.0 Å². The van der Waals surface area contributed by atoms with Crippen molar-refractivity contribution in [3.8, 4) is 0 Å². The van der Waals surface area contributed by atoms with E-state index in [2.05, 4.69) is 28.4 Å². The predicted octanol–water partition coefficient (Wildman–Crippen LogP) is 2.30. The van der Waals surface area contributed by atoms with E-state index in [-0.39, 0.29) is 6.42 Å². The zero-order valence-corrected chi connectivity index (χ0v) is 13.2. The van der Waals surface area contributed by atoms with E-state index in [0.29, 0.717) is 23.2 Å². The molecule has 7 heteroatoms. The highest BCUT2D eigenvalue weighted by Crippen LogP contribution is 2.22. The van der Waals surface area contributed by atoms with Crippen LogP contribution in [0.5, 0.6) is 0 Å². The summed E-state index contributed by atoms with van der Waals surface area (Å²) >= 11 is 1.29. The molecule has 0 fully saturated rings. The molecule has 0 bridgehead atoms. The standard InChI is InChI=1S/C16H16N4O2S/c17-20-14(18-19-16(20)23-9-8-15(21)22)10-12-6-3-5-11-4-1-2-7-13(11)12/h1-7H,8-10,17H2,(H,21,22). The molecule has 0 atom stereocenters. The van der Waals surface area contributed by atoms with Gasteiger partial charge < -0.3 is 10.9 Å². The lowest BCUT2D eigenvalue weighted by molar-refractivity contribution is -0.136. The van der Waals surface area contributed by atoms with E-state index in [1.807, 2.05) is 24.3 Å². The number of nitrogens with two attached hydrogens (primary N) is 1. The van der Waals surface area contributed by atoms with E-state index in [1.165, 1.54) is 21.8 Å². The van der Waals surface area contributed by atoms with Gasteiger partial charge in [-0.25, -0.2) is 4.68 Å². The van der Waals surface area contributed by atoms with Gasteiger partial charge in [0.05, 0.1) is 6.42 Å². The highest BCUT2D eigenvalue weighted by molar-refractivity contribution is 7.99. The lowest BCUT2D eigenvalue weighted by Crippen LogP contribution is -2.14. The Bertz CT molecular complexity index is 842. The fourth-order valence-corrected chi connectivity index (χ4v) is 3.18. The highest BCUT2D eigenvalue weighted by atomic mass is 32.2. The molecule has 2 aromatic carbocycles. The van der Waals surface area contributed by atoms with Gasteiger partial charge in [-0.3, -0.25) is 4.79 Å². The molecule has 1 aromatic heterocycles. The fraction of sp³-hybridized carbons (Fsp3) is 0.188. The van der Waals surface area contributed by atoms with Gasteiger partial charge in [0.15, 0.2) is 5.82 Å². The zero-order chi connectivity index (χ0) is 16.2. The third-order valence-corrected chi connectivity index (χ3v) is 4.46. The molecule has 3 aromatic rings. The first-order chi connectivity index (χ1) is 11.1. The molecule has 0 aliphatic rings. The van der Waals surface area contributed by atoms with Crippen LogP contribution in [0.4, 0.5) is 0 Å². The summed E-state index contributed by atoms with van der Waals surface area (Å²) in [6.45, 7) is 0. The van der Waals surface area contributed by atoms with Crippen molar-refractivity contribution < 1.29 is 9.90 Å². The number of thioether (sulfide) groups is 1. The summed E-state index contributed by atoms with van der Waals surface area (Å²) in [5.74, 6) is 6.27. The fourth-order valence-electron chi connectivity index (χ4n) is 2.37. The molecule has 118 valence electrons. The largest absolute Gasteiger partial charge is 0.481 e. The van der Waals surface area contributed by atoms with Gasteiger partial charge in [-0.05, 0) is 16.3 Å². The van der Waals surface area contributed by atoms with Crippen molar-refractivity contribution in [2.75, 3.05) is 11.6 Å². The first-order valence-corrected chi connectivity index (χ1v) is 8.14. The Kier molecular flexibility index (Phi) is 4.47. The number of hydrogen-bond acceptors (Lipinski definition) is 5. The molecule has 3 rings (SSSR count). The van der Waals surface area contributed by atoms with Crippen LogP contribution in [0.25, 0.3) is 10.8 Å². The molecule has 0 unspecified atom stereocenters. The van der Waals surface area contributed by atoms with Crippen LogP contribution in [-0.4, -0.2) is 31.7 Å². The second kappa shape index (κ2) is 6.70. The van der Waals surface area contributed by atoms with Crippen LogP contribution in [0.3, 0.4) is 0 Å². The number of fused-ring (bicyclic) bond motifs is 1. The molecule has 3 N–H and O–H groups in total.